The van der Waals surface area contributed by atoms with E-state index in [1.54, 1.807) is 29.2 Å². The lowest BCUT2D eigenvalue weighted by Crippen LogP contribution is -2.32. The van der Waals surface area contributed by atoms with E-state index in [0.29, 0.717) is 33.8 Å². The first-order valence-corrected chi connectivity index (χ1v) is 9.76. The number of carbonyl (C=O) groups is 2. The van der Waals surface area contributed by atoms with Gasteiger partial charge in [-0.15, -0.1) is 0 Å². The molecule has 142 valence electrons. The standard InChI is InChI=1S/C19H19Cl2N3O3/c20-12-3-6-15(16(21)7-12)19(26)24(13-4-5-13)10-14-8-17(23-27-14)18(25)22-9-11-1-2-11/h3,6-8,11,13H,1-2,4-5,9-10H2,(H,22,25). The van der Waals surface area contributed by atoms with Crippen LogP contribution in [0, 0.1) is 5.92 Å². The second-order valence-corrected chi connectivity index (χ2v) is 7.96. The Balaban J connectivity index is 1.45. The second-order valence-electron chi connectivity index (χ2n) is 7.12. The average Bonchev–Trinajstić information content (AvgIpc) is 3.56. The minimum Gasteiger partial charge on any atom is -0.359 e. The first kappa shape index (κ1) is 18.3. The van der Waals surface area contributed by atoms with Crippen LogP contribution in [0.1, 0.15) is 52.3 Å². The molecule has 2 amide bonds. The van der Waals surface area contributed by atoms with Gasteiger partial charge in [0, 0.05) is 23.7 Å². The Kier molecular flexibility index (Phi) is 5.10. The van der Waals surface area contributed by atoms with Crippen LogP contribution in [0.25, 0.3) is 0 Å². The number of amides is 2. The van der Waals surface area contributed by atoms with Gasteiger partial charge >= 0.3 is 0 Å². The number of nitrogens with one attached hydrogen (secondary N) is 1. The van der Waals surface area contributed by atoms with E-state index in [9.17, 15) is 9.59 Å². The van der Waals surface area contributed by atoms with E-state index in [-0.39, 0.29) is 30.1 Å². The molecule has 0 atom stereocenters. The Morgan fingerprint density at radius 1 is 1.19 bits per heavy atom. The van der Waals surface area contributed by atoms with Crippen molar-refractivity contribution in [2.45, 2.75) is 38.3 Å². The molecule has 0 aliphatic heterocycles. The molecule has 8 heteroatoms. The van der Waals surface area contributed by atoms with Gasteiger partial charge in [-0.3, -0.25) is 9.59 Å². The summed E-state index contributed by atoms with van der Waals surface area (Å²) in [6.45, 7) is 0.911. The molecule has 2 aromatic rings. The maximum Gasteiger partial charge on any atom is 0.273 e. The van der Waals surface area contributed by atoms with Gasteiger partial charge in [0.05, 0.1) is 17.1 Å². The summed E-state index contributed by atoms with van der Waals surface area (Å²) >= 11 is 12.1. The number of halogens is 2. The molecule has 0 saturated heterocycles. The minimum atomic E-state index is -0.248. The number of rotatable bonds is 7. The molecule has 0 unspecified atom stereocenters. The third kappa shape index (κ3) is 4.45. The van der Waals surface area contributed by atoms with Crippen LogP contribution < -0.4 is 5.32 Å². The number of hydrogen-bond acceptors (Lipinski definition) is 4. The van der Waals surface area contributed by atoms with Crippen molar-refractivity contribution in [3.63, 3.8) is 0 Å². The van der Waals surface area contributed by atoms with Gasteiger partial charge in [0.25, 0.3) is 11.8 Å². The molecule has 1 N–H and O–H groups in total. The van der Waals surface area contributed by atoms with Crippen LogP contribution in [0.5, 0.6) is 0 Å². The molecule has 4 rings (SSSR count). The van der Waals surface area contributed by atoms with Gasteiger partial charge in [0.2, 0.25) is 0 Å². The summed E-state index contributed by atoms with van der Waals surface area (Å²) in [7, 11) is 0. The fraction of sp³-hybridized carbons (Fsp3) is 0.421. The van der Waals surface area contributed by atoms with Gasteiger partial charge in [0.15, 0.2) is 11.5 Å². The van der Waals surface area contributed by atoms with Crippen molar-refractivity contribution in [3.8, 4) is 0 Å². The Morgan fingerprint density at radius 3 is 2.63 bits per heavy atom. The van der Waals surface area contributed by atoms with Gasteiger partial charge < -0.3 is 14.7 Å². The van der Waals surface area contributed by atoms with Crippen LogP contribution in [0.3, 0.4) is 0 Å². The van der Waals surface area contributed by atoms with Crippen LogP contribution in [0.15, 0.2) is 28.8 Å². The van der Waals surface area contributed by atoms with Crippen molar-refractivity contribution >= 4 is 35.0 Å². The van der Waals surface area contributed by atoms with E-state index in [2.05, 4.69) is 10.5 Å². The van der Waals surface area contributed by atoms with Crippen LogP contribution in [0.4, 0.5) is 0 Å². The largest absolute Gasteiger partial charge is 0.359 e. The molecule has 6 nitrogen and oxygen atoms in total. The topological polar surface area (TPSA) is 75.4 Å². The van der Waals surface area contributed by atoms with E-state index in [0.717, 1.165) is 25.7 Å². The van der Waals surface area contributed by atoms with Crippen LogP contribution in [0.2, 0.25) is 10.0 Å². The van der Waals surface area contributed by atoms with Crippen molar-refractivity contribution in [1.82, 2.24) is 15.4 Å². The third-order valence-electron chi connectivity index (χ3n) is 4.78. The number of hydrogen-bond donors (Lipinski definition) is 1. The first-order chi connectivity index (χ1) is 13.0. The highest BCUT2D eigenvalue weighted by Crippen LogP contribution is 2.32. The molecule has 2 aliphatic carbocycles. The minimum absolute atomic E-state index is 0.140. The predicted molar refractivity (Wildman–Crippen MR) is 101 cm³/mol. The van der Waals surface area contributed by atoms with Crippen molar-refractivity contribution in [2.75, 3.05) is 6.54 Å². The second kappa shape index (κ2) is 7.52. The van der Waals surface area contributed by atoms with E-state index in [1.165, 1.54) is 0 Å². The lowest BCUT2D eigenvalue weighted by Gasteiger charge is -2.21. The average molecular weight is 408 g/mol. The molecule has 1 aromatic heterocycles. The lowest BCUT2D eigenvalue weighted by atomic mass is 10.2. The number of benzene rings is 1. The van der Waals surface area contributed by atoms with Gasteiger partial charge in [0.1, 0.15) is 0 Å². The van der Waals surface area contributed by atoms with E-state index >= 15 is 0 Å². The van der Waals surface area contributed by atoms with Crippen molar-refractivity contribution in [3.05, 3.63) is 51.3 Å². The molecule has 1 aromatic carbocycles. The number of carbonyl (C=O) groups excluding carboxylic acids is 2. The summed E-state index contributed by atoms with van der Waals surface area (Å²) in [6, 6.07) is 6.55. The number of nitrogens with zero attached hydrogens (tertiary/aromatic N) is 2. The zero-order valence-electron chi connectivity index (χ0n) is 14.6. The third-order valence-corrected chi connectivity index (χ3v) is 5.32. The van der Waals surface area contributed by atoms with Crippen LogP contribution >= 0.6 is 23.2 Å². The van der Waals surface area contributed by atoms with Gasteiger partial charge in [-0.05, 0) is 49.8 Å². The summed E-state index contributed by atoms with van der Waals surface area (Å²) in [5, 5.41) is 7.49. The maximum atomic E-state index is 12.9. The maximum absolute atomic E-state index is 12.9. The SMILES string of the molecule is O=C(NCC1CC1)c1cc(CN(C(=O)c2ccc(Cl)cc2Cl)C2CC2)on1. The Bertz CT molecular complexity index is 875. The van der Waals surface area contributed by atoms with Crippen molar-refractivity contribution in [2.24, 2.45) is 5.92 Å². The molecule has 1 heterocycles. The molecule has 0 radical (unpaired) electrons. The fourth-order valence-electron chi connectivity index (χ4n) is 2.88. The summed E-state index contributed by atoms with van der Waals surface area (Å²) in [5.41, 5.74) is 0.633. The van der Waals surface area contributed by atoms with Crippen molar-refractivity contribution in [1.29, 1.82) is 0 Å². The zero-order chi connectivity index (χ0) is 19.0. The molecule has 2 fully saturated rings. The van der Waals surface area contributed by atoms with E-state index < -0.39 is 0 Å². The highest BCUT2D eigenvalue weighted by atomic mass is 35.5. The monoisotopic (exact) mass is 407 g/mol. The smallest absolute Gasteiger partial charge is 0.273 e. The van der Waals surface area contributed by atoms with Gasteiger partial charge in [-0.2, -0.15) is 0 Å². The predicted octanol–water partition coefficient (Wildman–Crippen LogP) is 3.93. The Labute approximate surface area is 166 Å². The molecular formula is C19H19Cl2N3O3. The summed E-state index contributed by atoms with van der Waals surface area (Å²) in [5.74, 6) is 0.626. The molecule has 27 heavy (non-hydrogen) atoms. The summed E-state index contributed by atoms with van der Waals surface area (Å²) in [4.78, 5) is 26.8. The lowest BCUT2D eigenvalue weighted by molar-refractivity contribution is 0.0713. The van der Waals surface area contributed by atoms with E-state index in [1.807, 2.05) is 0 Å². The highest BCUT2D eigenvalue weighted by Gasteiger charge is 2.35. The van der Waals surface area contributed by atoms with Gasteiger partial charge in [-0.1, -0.05) is 28.4 Å². The first-order valence-electron chi connectivity index (χ1n) is 9.01. The van der Waals surface area contributed by atoms with Crippen LogP contribution in [-0.2, 0) is 6.54 Å². The molecule has 0 spiro atoms. The zero-order valence-corrected chi connectivity index (χ0v) is 16.1. The van der Waals surface area contributed by atoms with Gasteiger partial charge in [-0.25, -0.2) is 0 Å². The normalized spacial score (nSPS) is 16.2. The summed E-state index contributed by atoms with van der Waals surface area (Å²) < 4.78 is 5.29. The molecule has 0 bridgehead atoms. The Morgan fingerprint density at radius 2 is 1.96 bits per heavy atom. The fourth-order valence-corrected chi connectivity index (χ4v) is 3.37. The molecule has 2 saturated carbocycles. The van der Waals surface area contributed by atoms with E-state index in [4.69, 9.17) is 27.7 Å². The highest BCUT2D eigenvalue weighted by molar-refractivity contribution is 6.36. The molecular weight excluding hydrogens is 389 g/mol. The molecule has 2 aliphatic rings. The quantitative estimate of drug-likeness (QED) is 0.754. The summed E-state index contributed by atoms with van der Waals surface area (Å²) in [6.07, 6.45) is 4.19. The Hall–Kier alpha value is -2.05. The number of aromatic nitrogens is 1. The van der Waals surface area contributed by atoms with Crippen LogP contribution in [-0.4, -0.2) is 34.5 Å². The van der Waals surface area contributed by atoms with Crippen molar-refractivity contribution < 1.29 is 14.1 Å².